The van der Waals surface area contributed by atoms with Gasteiger partial charge in [0, 0.05) is 24.5 Å². The molecule has 0 bridgehead atoms. The maximum absolute atomic E-state index is 11.9. The molecule has 0 fully saturated rings. The zero-order chi connectivity index (χ0) is 14.5. The van der Waals surface area contributed by atoms with E-state index in [1.54, 1.807) is 0 Å². The molecule has 0 saturated carbocycles. The molecule has 0 unspecified atom stereocenters. The Morgan fingerprint density at radius 2 is 2.20 bits per heavy atom. The molecule has 0 aliphatic carbocycles. The molecule has 0 saturated heterocycles. The first-order chi connectivity index (χ1) is 9.58. The minimum absolute atomic E-state index is 0.0474. The molecule has 2 aromatic heterocycles. The summed E-state index contributed by atoms with van der Waals surface area (Å²) in [4.78, 5) is 43.4. The van der Waals surface area contributed by atoms with E-state index in [0.29, 0.717) is 5.69 Å². The fourth-order valence-corrected chi connectivity index (χ4v) is 1.65. The number of pyridine rings is 1. The first kappa shape index (κ1) is 13.5. The Bertz CT molecular complexity index is 662. The van der Waals surface area contributed by atoms with Crippen molar-refractivity contribution >= 4 is 11.9 Å². The van der Waals surface area contributed by atoms with Crippen molar-refractivity contribution in [1.29, 1.82) is 0 Å². The molecule has 20 heavy (non-hydrogen) atoms. The highest BCUT2D eigenvalue weighted by Crippen LogP contribution is 2.00. The Morgan fingerprint density at radius 1 is 1.40 bits per heavy atom. The van der Waals surface area contributed by atoms with Gasteiger partial charge < -0.3 is 20.4 Å². The summed E-state index contributed by atoms with van der Waals surface area (Å²) in [5.74, 6) is -1.93. The number of carboxylic acids is 1. The second kappa shape index (κ2) is 5.83. The van der Waals surface area contributed by atoms with E-state index in [1.807, 2.05) is 0 Å². The first-order valence-corrected chi connectivity index (χ1v) is 5.76. The highest BCUT2D eigenvalue weighted by molar-refractivity contribution is 5.96. The van der Waals surface area contributed by atoms with Gasteiger partial charge in [-0.1, -0.05) is 0 Å². The lowest BCUT2D eigenvalue weighted by Gasteiger charge is -2.13. The number of hydrogen-bond acceptors (Lipinski definition) is 4. The summed E-state index contributed by atoms with van der Waals surface area (Å²) in [7, 11) is 0. The van der Waals surface area contributed by atoms with Crippen LogP contribution in [-0.4, -0.2) is 38.0 Å². The second-order valence-electron chi connectivity index (χ2n) is 4.06. The van der Waals surface area contributed by atoms with E-state index in [1.165, 1.54) is 30.9 Å². The van der Waals surface area contributed by atoms with E-state index in [9.17, 15) is 14.4 Å². The highest BCUT2D eigenvalue weighted by Gasteiger charge is 2.22. The zero-order valence-electron chi connectivity index (χ0n) is 10.3. The lowest BCUT2D eigenvalue weighted by molar-refractivity contribution is -0.139. The van der Waals surface area contributed by atoms with Crippen LogP contribution >= 0.6 is 0 Å². The summed E-state index contributed by atoms with van der Waals surface area (Å²) in [6.45, 7) is 0. The second-order valence-corrected chi connectivity index (χ2v) is 4.06. The van der Waals surface area contributed by atoms with Crippen molar-refractivity contribution in [1.82, 2.24) is 20.3 Å². The van der Waals surface area contributed by atoms with Crippen molar-refractivity contribution in [3.63, 3.8) is 0 Å². The normalized spacial score (nSPS) is 11.8. The van der Waals surface area contributed by atoms with Crippen LogP contribution in [-0.2, 0) is 11.2 Å². The number of aromatic amines is 2. The summed E-state index contributed by atoms with van der Waals surface area (Å²) >= 11 is 0. The average Bonchev–Trinajstić information content (AvgIpc) is 2.91. The SMILES string of the molecule is O=C(N[C@H](Cc1cnc[nH]1)C(=O)O)c1ccc[nH]c1=O. The molecule has 2 aromatic rings. The number of amides is 1. The lowest BCUT2D eigenvalue weighted by Crippen LogP contribution is -2.43. The van der Waals surface area contributed by atoms with E-state index in [2.05, 4.69) is 20.3 Å². The number of nitrogens with one attached hydrogen (secondary N) is 3. The number of carbonyl (C=O) groups excluding carboxylic acids is 1. The predicted octanol–water partition coefficient (Wildman–Crippen LogP) is -0.476. The van der Waals surface area contributed by atoms with Crippen LogP contribution in [0.3, 0.4) is 0 Å². The molecule has 1 atom stereocenters. The minimum atomic E-state index is -1.19. The molecule has 2 heterocycles. The van der Waals surface area contributed by atoms with Crippen molar-refractivity contribution in [2.75, 3.05) is 0 Å². The molecule has 0 radical (unpaired) electrons. The summed E-state index contributed by atoms with van der Waals surface area (Å²) < 4.78 is 0. The third kappa shape index (κ3) is 3.10. The van der Waals surface area contributed by atoms with Gasteiger partial charge in [-0.05, 0) is 12.1 Å². The van der Waals surface area contributed by atoms with Gasteiger partial charge in [0.15, 0.2) is 0 Å². The fourth-order valence-electron chi connectivity index (χ4n) is 1.65. The number of imidazole rings is 1. The molecule has 0 aliphatic rings. The number of H-pyrrole nitrogens is 2. The van der Waals surface area contributed by atoms with Gasteiger partial charge >= 0.3 is 5.97 Å². The van der Waals surface area contributed by atoms with E-state index in [0.717, 1.165) is 0 Å². The van der Waals surface area contributed by atoms with Crippen LogP contribution in [0, 0.1) is 0 Å². The van der Waals surface area contributed by atoms with Crippen molar-refractivity contribution in [2.24, 2.45) is 0 Å². The third-order valence-corrected chi connectivity index (χ3v) is 2.65. The van der Waals surface area contributed by atoms with E-state index >= 15 is 0 Å². The molecule has 0 aromatic carbocycles. The standard InChI is InChI=1S/C12H12N4O4/c17-10-8(2-1-3-14-10)11(18)16-9(12(19)20)4-7-5-13-6-15-7/h1-3,5-6,9H,4H2,(H,13,15)(H,14,17)(H,16,18)(H,19,20)/t9-/m1/s1. The molecular formula is C12H12N4O4. The summed E-state index contributed by atoms with van der Waals surface area (Å²) in [5.41, 5.74) is -0.140. The molecular weight excluding hydrogens is 264 g/mol. The molecule has 4 N–H and O–H groups in total. The molecule has 8 heteroatoms. The topological polar surface area (TPSA) is 128 Å². The largest absolute Gasteiger partial charge is 0.480 e. The Kier molecular flexibility index (Phi) is 3.94. The smallest absolute Gasteiger partial charge is 0.326 e. The minimum Gasteiger partial charge on any atom is -0.480 e. The third-order valence-electron chi connectivity index (χ3n) is 2.65. The summed E-state index contributed by atoms with van der Waals surface area (Å²) in [5, 5.41) is 11.4. The van der Waals surface area contributed by atoms with Gasteiger partial charge in [0.25, 0.3) is 11.5 Å². The molecule has 8 nitrogen and oxygen atoms in total. The van der Waals surface area contributed by atoms with E-state index in [-0.39, 0.29) is 12.0 Å². The van der Waals surface area contributed by atoms with E-state index < -0.39 is 23.5 Å². The number of nitrogens with zero attached hydrogens (tertiary/aromatic N) is 1. The Balaban J connectivity index is 2.12. The number of aromatic nitrogens is 3. The van der Waals surface area contributed by atoms with Gasteiger partial charge in [-0.3, -0.25) is 9.59 Å². The van der Waals surface area contributed by atoms with Crippen molar-refractivity contribution < 1.29 is 14.7 Å². The quantitative estimate of drug-likeness (QED) is 0.586. The average molecular weight is 276 g/mol. The Morgan fingerprint density at radius 3 is 2.80 bits per heavy atom. The molecule has 1 amide bonds. The van der Waals surface area contributed by atoms with Crippen molar-refractivity contribution in [3.05, 3.63) is 52.5 Å². The monoisotopic (exact) mass is 276 g/mol. The lowest BCUT2D eigenvalue weighted by atomic mass is 10.1. The summed E-state index contributed by atoms with van der Waals surface area (Å²) in [6, 6.07) is 1.66. The number of rotatable bonds is 5. The number of aliphatic carboxylic acids is 1. The maximum atomic E-state index is 11.9. The predicted molar refractivity (Wildman–Crippen MR) is 68.2 cm³/mol. The van der Waals surface area contributed by atoms with Crippen LogP contribution in [0.5, 0.6) is 0 Å². The molecule has 0 spiro atoms. The van der Waals surface area contributed by atoms with Crippen LogP contribution in [0.15, 0.2) is 35.6 Å². The first-order valence-electron chi connectivity index (χ1n) is 5.76. The molecule has 2 rings (SSSR count). The highest BCUT2D eigenvalue weighted by atomic mass is 16.4. The van der Waals surface area contributed by atoms with Crippen LogP contribution in [0.4, 0.5) is 0 Å². The van der Waals surface area contributed by atoms with Gasteiger partial charge in [0.1, 0.15) is 11.6 Å². The fraction of sp³-hybridized carbons (Fsp3) is 0.167. The van der Waals surface area contributed by atoms with Crippen LogP contribution in [0.1, 0.15) is 16.1 Å². The van der Waals surface area contributed by atoms with Gasteiger partial charge in [0.2, 0.25) is 0 Å². The molecule has 104 valence electrons. The summed E-state index contributed by atoms with van der Waals surface area (Å²) in [6.07, 6.45) is 4.32. The number of hydrogen-bond donors (Lipinski definition) is 4. The zero-order valence-corrected chi connectivity index (χ0v) is 10.3. The Labute approximate surface area is 112 Å². The van der Waals surface area contributed by atoms with Gasteiger partial charge in [0.05, 0.1) is 6.33 Å². The van der Waals surface area contributed by atoms with Crippen LogP contribution < -0.4 is 10.9 Å². The van der Waals surface area contributed by atoms with Gasteiger partial charge in [-0.25, -0.2) is 9.78 Å². The van der Waals surface area contributed by atoms with Crippen LogP contribution in [0.25, 0.3) is 0 Å². The van der Waals surface area contributed by atoms with Crippen LogP contribution in [0.2, 0.25) is 0 Å². The Hall–Kier alpha value is -2.90. The number of carbonyl (C=O) groups is 2. The van der Waals surface area contributed by atoms with Crippen molar-refractivity contribution in [2.45, 2.75) is 12.5 Å². The molecule has 0 aliphatic heterocycles. The van der Waals surface area contributed by atoms with Gasteiger partial charge in [-0.2, -0.15) is 0 Å². The maximum Gasteiger partial charge on any atom is 0.326 e. The van der Waals surface area contributed by atoms with Crippen molar-refractivity contribution in [3.8, 4) is 0 Å². The van der Waals surface area contributed by atoms with E-state index in [4.69, 9.17) is 5.11 Å². The van der Waals surface area contributed by atoms with Gasteiger partial charge in [-0.15, -0.1) is 0 Å². The number of carboxylic acid groups (broad SMARTS) is 1.